The molecule has 4 rings (SSSR count). The summed E-state index contributed by atoms with van der Waals surface area (Å²) in [4.78, 5) is 13.6. The van der Waals surface area contributed by atoms with Gasteiger partial charge < -0.3 is 10.2 Å². The molecule has 26 heavy (non-hydrogen) atoms. The van der Waals surface area contributed by atoms with Crippen molar-refractivity contribution in [3.8, 4) is 11.4 Å². The van der Waals surface area contributed by atoms with Crippen molar-refractivity contribution in [1.82, 2.24) is 24.7 Å². The molecular weight excluding hydrogens is 335 g/mol. The van der Waals surface area contributed by atoms with Gasteiger partial charge in [0.25, 0.3) is 0 Å². The van der Waals surface area contributed by atoms with Crippen molar-refractivity contribution >= 4 is 17.4 Å². The van der Waals surface area contributed by atoms with Gasteiger partial charge in [0.15, 0.2) is 11.5 Å². The van der Waals surface area contributed by atoms with Gasteiger partial charge in [-0.15, -0.1) is 15.3 Å². The number of hydrogen-bond donors (Lipinski definition) is 1. The van der Waals surface area contributed by atoms with Crippen LogP contribution in [-0.2, 0) is 4.79 Å². The Morgan fingerprint density at radius 1 is 1.23 bits per heavy atom. The molecule has 134 valence electrons. The molecule has 8 heteroatoms. The van der Waals surface area contributed by atoms with Crippen molar-refractivity contribution in [3.05, 3.63) is 42.2 Å². The van der Waals surface area contributed by atoms with E-state index in [0.29, 0.717) is 35.8 Å². The highest BCUT2D eigenvalue weighted by Crippen LogP contribution is 2.21. The fourth-order valence-electron chi connectivity index (χ4n) is 3.20. The van der Waals surface area contributed by atoms with Crippen LogP contribution in [0, 0.1) is 5.82 Å². The van der Waals surface area contributed by atoms with E-state index in [1.165, 1.54) is 10.6 Å². The first-order valence-corrected chi connectivity index (χ1v) is 8.63. The summed E-state index contributed by atoms with van der Waals surface area (Å²) < 4.78 is 15.6. The first-order chi connectivity index (χ1) is 12.6. The van der Waals surface area contributed by atoms with Crippen molar-refractivity contribution in [2.24, 2.45) is 0 Å². The monoisotopic (exact) mass is 354 g/mol. The lowest BCUT2D eigenvalue weighted by molar-refractivity contribution is -0.127. The number of carbonyl (C=O) groups excluding carboxylic acids is 1. The third-order valence-corrected chi connectivity index (χ3v) is 4.44. The summed E-state index contributed by atoms with van der Waals surface area (Å²) in [5, 5.41) is 15.9. The van der Waals surface area contributed by atoms with Gasteiger partial charge in [0.05, 0.1) is 5.56 Å². The molecule has 0 aliphatic carbocycles. The van der Waals surface area contributed by atoms with E-state index in [1.54, 1.807) is 30.3 Å². The number of nitrogens with one attached hydrogen (secondary N) is 1. The standard InChI is InChI=1S/C18H19FN6O/c1-12(11-24-10-4-7-17(24)26)20-15-8-9-16-21-22-18(25(16)23-15)13-5-2-3-6-14(13)19/h2-3,5-6,8-9,12H,4,7,10-11H2,1H3,(H,20,23). The maximum Gasteiger partial charge on any atom is 0.222 e. The van der Waals surface area contributed by atoms with Crippen LogP contribution in [0.4, 0.5) is 10.2 Å². The summed E-state index contributed by atoms with van der Waals surface area (Å²) in [6.07, 6.45) is 1.55. The predicted octanol–water partition coefficient (Wildman–Crippen LogP) is 2.35. The Morgan fingerprint density at radius 2 is 2.08 bits per heavy atom. The first kappa shape index (κ1) is 16.4. The molecular formula is C18H19FN6O. The van der Waals surface area contributed by atoms with Crippen molar-refractivity contribution in [2.75, 3.05) is 18.4 Å². The molecule has 0 spiro atoms. The van der Waals surface area contributed by atoms with Crippen LogP contribution in [0.25, 0.3) is 17.0 Å². The quantitative estimate of drug-likeness (QED) is 0.761. The highest BCUT2D eigenvalue weighted by molar-refractivity contribution is 5.78. The molecule has 2 aromatic heterocycles. The second-order valence-corrected chi connectivity index (χ2v) is 6.48. The third kappa shape index (κ3) is 3.10. The maximum atomic E-state index is 14.1. The third-order valence-electron chi connectivity index (χ3n) is 4.44. The lowest BCUT2D eigenvalue weighted by atomic mass is 10.2. The number of rotatable bonds is 5. The number of amides is 1. The number of anilines is 1. The Kier molecular flexibility index (Phi) is 4.24. The molecule has 3 heterocycles. The molecule has 0 saturated carbocycles. The van der Waals surface area contributed by atoms with E-state index in [4.69, 9.17) is 0 Å². The normalized spacial score (nSPS) is 15.6. The number of carbonyl (C=O) groups is 1. The fraction of sp³-hybridized carbons (Fsp3) is 0.333. The second-order valence-electron chi connectivity index (χ2n) is 6.48. The van der Waals surface area contributed by atoms with Gasteiger partial charge in [-0.3, -0.25) is 4.79 Å². The number of fused-ring (bicyclic) bond motifs is 1. The SMILES string of the molecule is CC(CN1CCCC1=O)Nc1ccc2nnc(-c3ccccc3F)n2n1. The van der Waals surface area contributed by atoms with Gasteiger partial charge in [-0.2, -0.15) is 4.52 Å². The Balaban J connectivity index is 1.58. The van der Waals surface area contributed by atoms with E-state index in [2.05, 4.69) is 20.6 Å². The van der Waals surface area contributed by atoms with Crippen LogP contribution < -0.4 is 5.32 Å². The van der Waals surface area contributed by atoms with Crippen LogP contribution in [0.1, 0.15) is 19.8 Å². The molecule has 1 saturated heterocycles. The summed E-state index contributed by atoms with van der Waals surface area (Å²) in [5.41, 5.74) is 0.886. The molecule has 1 N–H and O–H groups in total. The van der Waals surface area contributed by atoms with Crippen LogP contribution in [0.15, 0.2) is 36.4 Å². The van der Waals surface area contributed by atoms with E-state index in [-0.39, 0.29) is 17.8 Å². The van der Waals surface area contributed by atoms with E-state index in [9.17, 15) is 9.18 Å². The van der Waals surface area contributed by atoms with E-state index >= 15 is 0 Å². The number of nitrogens with zero attached hydrogens (tertiary/aromatic N) is 5. The molecule has 1 aliphatic heterocycles. The largest absolute Gasteiger partial charge is 0.364 e. The number of aromatic nitrogens is 4. The van der Waals surface area contributed by atoms with Gasteiger partial charge in [-0.25, -0.2) is 4.39 Å². The van der Waals surface area contributed by atoms with Gasteiger partial charge in [0.1, 0.15) is 11.6 Å². The molecule has 1 atom stereocenters. The number of likely N-dealkylation sites (tertiary alicyclic amines) is 1. The van der Waals surface area contributed by atoms with E-state index in [0.717, 1.165) is 13.0 Å². The van der Waals surface area contributed by atoms with Crippen LogP contribution in [-0.4, -0.2) is 49.7 Å². The van der Waals surface area contributed by atoms with Crippen molar-refractivity contribution < 1.29 is 9.18 Å². The highest BCUT2D eigenvalue weighted by atomic mass is 19.1. The van der Waals surface area contributed by atoms with Crippen LogP contribution >= 0.6 is 0 Å². The van der Waals surface area contributed by atoms with E-state index < -0.39 is 0 Å². The summed E-state index contributed by atoms with van der Waals surface area (Å²) in [6.45, 7) is 3.43. The number of halogens is 1. The summed E-state index contributed by atoms with van der Waals surface area (Å²) in [7, 11) is 0. The van der Waals surface area contributed by atoms with Gasteiger partial charge >= 0.3 is 0 Å². The summed E-state index contributed by atoms with van der Waals surface area (Å²) in [5.74, 6) is 0.795. The van der Waals surface area contributed by atoms with Crippen molar-refractivity contribution in [2.45, 2.75) is 25.8 Å². The maximum absolute atomic E-state index is 14.1. The molecule has 0 radical (unpaired) electrons. The smallest absolute Gasteiger partial charge is 0.222 e. The second kappa shape index (κ2) is 6.70. The average Bonchev–Trinajstić information content (AvgIpc) is 3.22. The Labute approximate surface area is 149 Å². The zero-order valence-electron chi connectivity index (χ0n) is 14.4. The molecule has 1 aromatic carbocycles. The van der Waals surface area contributed by atoms with Gasteiger partial charge in [0.2, 0.25) is 5.91 Å². The number of hydrogen-bond acceptors (Lipinski definition) is 5. The Hall–Kier alpha value is -3.03. The summed E-state index contributed by atoms with van der Waals surface area (Å²) in [6, 6.07) is 10.0. The zero-order chi connectivity index (χ0) is 18.1. The Bertz CT molecular complexity index is 956. The molecule has 7 nitrogen and oxygen atoms in total. The fourth-order valence-corrected chi connectivity index (χ4v) is 3.20. The number of benzene rings is 1. The minimum absolute atomic E-state index is 0.0374. The first-order valence-electron chi connectivity index (χ1n) is 8.63. The zero-order valence-corrected chi connectivity index (χ0v) is 14.4. The lowest BCUT2D eigenvalue weighted by Gasteiger charge is -2.22. The highest BCUT2D eigenvalue weighted by Gasteiger charge is 2.22. The van der Waals surface area contributed by atoms with Gasteiger partial charge in [0, 0.05) is 25.6 Å². The molecule has 1 amide bonds. The minimum Gasteiger partial charge on any atom is -0.364 e. The predicted molar refractivity (Wildman–Crippen MR) is 95.1 cm³/mol. The molecule has 3 aromatic rings. The molecule has 1 aliphatic rings. The van der Waals surface area contributed by atoms with Gasteiger partial charge in [-0.1, -0.05) is 12.1 Å². The summed E-state index contributed by atoms with van der Waals surface area (Å²) >= 11 is 0. The average molecular weight is 354 g/mol. The van der Waals surface area contributed by atoms with Crippen LogP contribution in [0.2, 0.25) is 0 Å². The molecule has 1 unspecified atom stereocenters. The van der Waals surface area contributed by atoms with Crippen molar-refractivity contribution in [3.63, 3.8) is 0 Å². The van der Waals surface area contributed by atoms with Gasteiger partial charge in [-0.05, 0) is 37.6 Å². The molecule has 1 fully saturated rings. The van der Waals surface area contributed by atoms with E-state index in [1.807, 2.05) is 11.8 Å². The van der Waals surface area contributed by atoms with Crippen LogP contribution in [0.3, 0.4) is 0 Å². The molecule has 0 bridgehead atoms. The lowest BCUT2D eigenvalue weighted by Crippen LogP contribution is -2.35. The minimum atomic E-state index is -0.372. The van der Waals surface area contributed by atoms with Crippen LogP contribution in [0.5, 0.6) is 0 Å². The topological polar surface area (TPSA) is 75.4 Å². The Morgan fingerprint density at radius 3 is 2.85 bits per heavy atom. The van der Waals surface area contributed by atoms with Crippen molar-refractivity contribution in [1.29, 1.82) is 0 Å².